The number of aliphatic hydroxyl groups is 1. The smallest absolute Gasteiger partial charge is 0.133 e. The zero-order valence-corrected chi connectivity index (χ0v) is 14.5. The van der Waals surface area contributed by atoms with Gasteiger partial charge >= 0.3 is 0 Å². The first kappa shape index (κ1) is 17.5. The summed E-state index contributed by atoms with van der Waals surface area (Å²) in [5.74, 6) is 0.232. The summed E-state index contributed by atoms with van der Waals surface area (Å²) >= 11 is 0. The van der Waals surface area contributed by atoms with Crippen LogP contribution in [0, 0.1) is 11.7 Å². The number of methoxy groups -OCH3 is 1. The first-order chi connectivity index (χ1) is 11.5. The first-order valence-corrected chi connectivity index (χ1v) is 8.68. The zero-order chi connectivity index (χ0) is 17.3. The Labute approximate surface area is 142 Å². The number of benzene rings is 1. The molecule has 0 bridgehead atoms. The number of carbonyl (C=O) groups is 1. The van der Waals surface area contributed by atoms with Gasteiger partial charge < -0.3 is 9.84 Å². The fourth-order valence-corrected chi connectivity index (χ4v) is 4.22. The fraction of sp³-hybridized carbons (Fsp3) is 0.632. The van der Waals surface area contributed by atoms with Gasteiger partial charge in [0.05, 0.1) is 6.61 Å². The van der Waals surface area contributed by atoms with Gasteiger partial charge in [-0.2, -0.15) is 0 Å². The van der Waals surface area contributed by atoms with Crippen molar-refractivity contribution in [2.75, 3.05) is 20.3 Å². The molecule has 1 aliphatic carbocycles. The minimum absolute atomic E-state index is 0.130. The molecule has 24 heavy (non-hydrogen) atoms. The van der Waals surface area contributed by atoms with E-state index in [2.05, 4.69) is 4.90 Å². The Hall–Kier alpha value is -1.30. The molecule has 1 aromatic carbocycles. The van der Waals surface area contributed by atoms with E-state index in [-0.39, 0.29) is 30.5 Å². The minimum atomic E-state index is -0.227. The molecule has 1 heterocycles. The lowest BCUT2D eigenvalue weighted by Crippen LogP contribution is -2.46. The fourth-order valence-electron chi connectivity index (χ4n) is 4.22. The van der Waals surface area contributed by atoms with E-state index in [1.54, 1.807) is 13.2 Å². The van der Waals surface area contributed by atoms with Crippen molar-refractivity contribution in [3.8, 4) is 0 Å². The molecule has 1 spiro atoms. The average molecular weight is 335 g/mol. The number of aliphatic hydroxyl groups excluding tert-OH is 1. The van der Waals surface area contributed by atoms with Crippen molar-refractivity contribution >= 4 is 5.78 Å². The molecular formula is C19H26FNO3. The van der Waals surface area contributed by atoms with Crippen molar-refractivity contribution in [2.45, 2.75) is 51.3 Å². The van der Waals surface area contributed by atoms with Gasteiger partial charge in [0.2, 0.25) is 0 Å². The highest BCUT2D eigenvalue weighted by molar-refractivity contribution is 5.79. The van der Waals surface area contributed by atoms with E-state index in [0.29, 0.717) is 30.7 Å². The number of ketones is 1. The first-order valence-electron chi connectivity index (χ1n) is 8.68. The van der Waals surface area contributed by atoms with E-state index in [1.165, 1.54) is 0 Å². The van der Waals surface area contributed by atoms with E-state index >= 15 is 0 Å². The maximum atomic E-state index is 14.3. The number of fused-ring (bicyclic) bond motifs is 2. The molecule has 0 aromatic heterocycles. The molecule has 0 radical (unpaired) electrons. The Morgan fingerprint density at radius 1 is 1.38 bits per heavy atom. The maximum absolute atomic E-state index is 14.3. The van der Waals surface area contributed by atoms with Gasteiger partial charge in [-0.05, 0) is 42.0 Å². The maximum Gasteiger partial charge on any atom is 0.133 e. The van der Waals surface area contributed by atoms with Crippen LogP contribution in [0.2, 0.25) is 0 Å². The van der Waals surface area contributed by atoms with Crippen LogP contribution in [-0.2, 0) is 28.2 Å². The number of Topliss-reactive ketones (excluding diaryl/α,β-unsaturated/α-hetero) is 1. The highest BCUT2D eigenvalue weighted by Gasteiger charge is 2.47. The number of rotatable bonds is 5. The second-order valence-electron chi connectivity index (χ2n) is 7.27. The third kappa shape index (κ3) is 3.01. The third-order valence-corrected chi connectivity index (χ3v) is 5.52. The van der Waals surface area contributed by atoms with E-state index in [0.717, 1.165) is 30.5 Å². The normalized spacial score (nSPS) is 21.2. The molecule has 0 unspecified atom stereocenters. The van der Waals surface area contributed by atoms with E-state index in [4.69, 9.17) is 4.74 Å². The second-order valence-corrected chi connectivity index (χ2v) is 7.27. The van der Waals surface area contributed by atoms with Crippen LogP contribution in [0.15, 0.2) is 12.1 Å². The molecule has 4 nitrogen and oxygen atoms in total. The van der Waals surface area contributed by atoms with Gasteiger partial charge in [-0.3, -0.25) is 9.69 Å². The summed E-state index contributed by atoms with van der Waals surface area (Å²) in [4.78, 5) is 14.1. The lowest BCUT2D eigenvalue weighted by atomic mass is 9.75. The number of ether oxygens (including phenoxy) is 1. The van der Waals surface area contributed by atoms with Crippen LogP contribution in [0.5, 0.6) is 0 Å². The molecule has 1 saturated carbocycles. The van der Waals surface area contributed by atoms with Gasteiger partial charge in [0, 0.05) is 50.8 Å². The summed E-state index contributed by atoms with van der Waals surface area (Å²) in [6.45, 7) is 3.83. The topological polar surface area (TPSA) is 49.8 Å². The van der Waals surface area contributed by atoms with Crippen molar-refractivity contribution in [1.29, 1.82) is 0 Å². The number of nitrogens with zero attached hydrogens (tertiary/aromatic N) is 1. The van der Waals surface area contributed by atoms with Crippen LogP contribution >= 0.6 is 0 Å². The molecule has 1 fully saturated rings. The van der Waals surface area contributed by atoms with Gasteiger partial charge in [-0.25, -0.2) is 4.39 Å². The summed E-state index contributed by atoms with van der Waals surface area (Å²) in [6, 6.07) is 3.57. The summed E-state index contributed by atoms with van der Waals surface area (Å²) in [5, 5.41) is 9.44. The van der Waals surface area contributed by atoms with Gasteiger partial charge in [0.25, 0.3) is 0 Å². The van der Waals surface area contributed by atoms with Crippen molar-refractivity contribution in [3.05, 3.63) is 34.6 Å². The second kappa shape index (κ2) is 6.90. The van der Waals surface area contributed by atoms with Gasteiger partial charge in [0.15, 0.2) is 0 Å². The third-order valence-electron chi connectivity index (χ3n) is 5.52. The zero-order valence-electron chi connectivity index (χ0n) is 14.5. The molecule has 0 saturated heterocycles. The van der Waals surface area contributed by atoms with Gasteiger partial charge in [-0.15, -0.1) is 0 Å². The minimum Gasteiger partial charge on any atom is -0.396 e. The lowest BCUT2D eigenvalue weighted by Gasteiger charge is -2.43. The Morgan fingerprint density at radius 2 is 2.08 bits per heavy atom. The quantitative estimate of drug-likeness (QED) is 0.899. The van der Waals surface area contributed by atoms with Crippen LogP contribution in [0.25, 0.3) is 0 Å². The molecule has 0 amide bonds. The van der Waals surface area contributed by atoms with Crippen LogP contribution in [0.3, 0.4) is 0 Å². The largest absolute Gasteiger partial charge is 0.396 e. The number of hydrogen-bond donors (Lipinski definition) is 1. The molecule has 1 N–H and O–H groups in total. The monoisotopic (exact) mass is 335 g/mol. The number of hydrogen-bond acceptors (Lipinski definition) is 4. The predicted molar refractivity (Wildman–Crippen MR) is 88.9 cm³/mol. The standard InChI is InChI=1S/C19H26FNO3/c1-13(11-22)9-21-10-14-8-18(20)15(12-24-2)7-17(14)19(21)5-3-16(23)4-6-19/h7-8,13,22H,3-6,9-12H2,1-2H3/t13-/m1/s1. The summed E-state index contributed by atoms with van der Waals surface area (Å²) in [5.41, 5.74) is 2.52. The van der Waals surface area contributed by atoms with Crippen molar-refractivity contribution in [1.82, 2.24) is 4.90 Å². The van der Waals surface area contributed by atoms with Crippen molar-refractivity contribution in [2.24, 2.45) is 5.92 Å². The van der Waals surface area contributed by atoms with Crippen LogP contribution in [0.1, 0.15) is 49.3 Å². The Morgan fingerprint density at radius 3 is 2.71 bits per heavy atom. The summed E-state index contributed by atoms with van der Waals surface area (Å²) < 4.78 is 19.4. The van der Waals surface area contributed by atoms with E-state index < -0.39 is 0 Å². The number of halogens is 1. The van der Waals surface area contributed by atoms with Crippen molar-refractivity contribution < 1.29 is 19.0 Å². The van der Waals surface area contributed by atoms with E-state index in [1.807, 2.05) is 13.0 Å². The summed E-state index contributed by atoms with van der Waals surface area (Å²) in [7, 11) is 1.57. The SMILES string of the molecule is COCc1cc2c(cc1F)CN(C[C@@H](C)CO)C21CCC(=O)CC1. The number of carbonyl (C=O) groups excluding carboxylic acids is 1. The summed E-state index contributed by atoms with van der Waals surface area (Å²) in [6.07, 6.45) is 2.69. The predicted octanol–water partition coefficient (Wildman–Crippen LogP) is 2.75. The molecule has 1 aromatic rings. The molecule has 2 aliphatic rings. The van der Waals surface area contributed by atoms with Gasteiger partial charge in [-0.1, -0.05) is 6.92 Å². The van der Waals surface area contributed by atoms with E-state index in [9.17, 15) is 14.3 Å². The van der Waals surface area contributed by atoms with Crippen molar-refractivity contribution in [3.63, 3.8) is 0 Å². The highest BCUT2D eigenvalue weighted by atomic mass is 19.1. The molecule has 3 rings (SSSR count). The molecule has 5 heteroatoms. The van der Waals surface area contributed by atoms with Crippen LogP contribution < -0.4 is 0 Å². The lowest BCUT2D eigenvalue weighted by molar-refractivity contribution is -0.123. The van der Waals surface area contributed by atoms with Crippen LogP contribution in [-0.4, -0.2) is 36.1 Å². The highest BCUT2D eigenvalue weighted by Crippen LogP contribution is 2.49. The molecule has 132 valence electrons. The Bertz CT molecular complexity index is 621. The van der Waals surface area contributed by atoms with Gasteiger partial charge in [0.1, 0.15) is 11.6 Å². The Kier molecular flexibility index (Phi) is 5.04. The molecule has 1 atom stereocenters. The molecule has 1 aliphatic heterocycles. The van der Waals surface area contributed by atoms with Crippen LogP contribution in [0.4, 0.5) is 4.39 Å². The Balaban J connectivity index is 2.01. The molecular weight excluding hydrogens is 309 g/mol. The average Bonchev–Trinajstić information content (AvgIpc) is 2.83.